The van der Waals surface area contributed by atoms with E-state index in [1.165, 1.54) is 0 Å². The van der Waals surface area contributed by atoms with E-state index >= 15 is 0 Å². The van der Waals surface area contributed by atoms with Crippen LogP contribution in [0.15, 0.2) is 24.3 Å². The average Bonchev–Trinajstić information content (AvgIpc) is 2.57. The van der Waals surface area contributed by atoms with E-state index in [1.54, 1.807) is 18.2 Å². The lowest BCUT2D eigenvalue weighted by Gasteiger charge is -2.10. The highest BCUT2D eigenvalue weighted by atomic mass is 16.2. The van der Waals surface area contributed by atoms with E-state index in [0.29, 0.717) is 5.56 Å². The second-order valence-electron chi connectivity index (χ2n) is 3.28. The number of hydrogen-bond acceptors (Lipinski definition) is 3. The molecule has 0 radical (unpaired) electrons. The first kappa shape index (κ1) is 9.41. The fourth-order valence-electron chi connectivity index (χ4n) is 1.62. The molecule has 1 heterocycles. The zero-order valence-corrected chi connectivity index (χ0v) is 7.93. The van der Waals surface area contributed by atoms with Gasteiger partial charge < -0.3 is 0 Å². The maximum Gasteiger partial charge on any atom is 0.261 e. The van der Waals surface area contributed by atoms with Crippen molar-refractivity contribution in [2.75, 3.05) is 0 Å². The van der Waals surface area contributed by atoms with Crippen molar-refractivity contribution in [2.24, 2.45) is 0 Å². The molecule has 0 aromatic heterocycles. The van der Waals surface area contributed by atoms with E-state index in [2.05, 4.69) is 0 Å². The summed E-state index contributed by atoms with van der Waals surface area (Å²) in [5.41, 5.74) is 1.40. The van der Waals surface area contributed by atoms with Crippen LogP contribution in [0.25, 0.3) is 0 Å². The molecule has 74 valence electrons. The summed E-state index contributed by atoms with van der Waals surface area (Å²) < 4.78 is 0. The Hall–Kier alpha value is -2.15. The predicted molar refractivity (Wildman–Crippen MR) is 51.6 cm³/mol. The molecular weight excluding hydrogens is 192 g/mol. The SMILES string of the molecule is N#CCC(=O)N1Cc2ccccc2C1=O. The molecule has 0 bridgehead atoms. The summed E-state index contributed by atoms with van der Waals surface area (Å²) in [4.78, 5) is 24.2. The van der Waals surface area contributed by atoms with Crippen LogP contribution in [0, 0.1) is 11.3 Å². The highest BCUT2D eigenvalue weighted by Crippen LogP contribution is 2.22. The number of rotatable bonds is 1. The van der Waals surface area contributed by atoms with Gasteiger partial charge in [-0.2, -0.15) is 5.26 Å². The average molecular weight is 200 g/mol. The third-order valence-corrected chi connectivity index (χ3v) is 2.35. The quantitative estimate of drug-likeness (QED) is 0.681. The fraction of sp³-hybridized carbons (Fsp3) is 0.182. The van der Waals surface area contributed by atoms with Gasteiger partial charge >= 0.3 is 0 Å². The summed E-state index contributed by atoms with van der Waals surface area (Å²) in [6, 6.07) is 8.84. The van der Waals surface area contributed by atoms with Gasteiger partial charge in [0, 0.05) is 5.56 Å². The molecular formula is C11H8N2O2. The Labute approximate surface area is 86.7 Å². The molecule has 15 heavy (non-hydrogen) atoms. The van der Waals surface area contributed by atoms with Crippen LogP contribution in [0.2, 0.25) is 0 Å². The first-order valence-corrected chi connectivity index (χ1v) is 4.53. The van der Waals surface area contributed by atoms with Crippen molar-refractivity contribution in [3.05, 3.63) is 35.4 Å². The Morgan fingerprint density at radius 1 is 1.47 bits per heavy atom. The first-order chi connectivity index (χ1) is 7.24. The monoisotopic (exact) mass is 200 g/mol. The van der Waals surface area contributed by atoms with Gasteiger partial charge in [-0.25, -0.2) is 0 Å². The molecule has 1 aliphatic rings. The summed E-state index contributed by atoms with van der Waals surface area (Å²) in [5.74, 6) is -0.732. The molecule has 2 amide bonds. The molecule has 0 aliphatic carbocycles. The van der Waals surface area contributed by atoms with Crippen LogP contribution in [0.3, 0.4) is 0 Å². The molecule has 0 spiro atoms. The molecule has 0 unspecified atom stereocenters. The van der Waals surface area contributed by atoms with Gasteiger partial charge in [-0.3, -0.25) is 14.5 Å². The summed E-state index contributed by atoms with van der Waals surface area (Å²) in [6.07, 6.45) is -0.250. The highest BCUT2D eigenvalue weighted by molar-refractivity contribution is 6.08. The number of hydrogen-bond donors (Lipinski definition) is 0. The molecule has 0 atom stereocenters. The lowest BCUT2D eigenvalue weighted by Crippen LogP contribution is -2.30. The smallest absolute Gasteiger partial charge is 0.261 e. The van der Waals surface area contributed by atoms with Crippen molar-refractivity contribution in [3.8, 4) is 6.07 Å². The molecule has 1 aliphatic heterocycles. The Morgan fingerprint density at radius 3 is 2.87 bits per heavy atom. The zero-order valence-electron chi connectivity index (χ0n) is 7.93. The van der Waals surface area contributed by atoms with Gasteiger partial charge in [0.25, 0.3) is 5.91 Å². The Morgan fingerprint density at radius 2 is 2.20 bits per heavy atom. The van der Waals surface area contributed by atoms with Crippen molar-refractivity contribution >= 4 is 11.8 Å². The number of benzene rings is 1. The number of imide groups is 1. The van der Waals surface area contributed by atoms with E-state index < -0.39 is 5.91 Å². The van der Waals surface area contributed by atoms with E-state index in [9.17, 15) is 9.59 Å². The van der Waals surface area contributed by atoms with Gasteiger partial charge in [0.15, 0.2) is 0 Å². The number of nitriles is 1. The molecule has 0 saturated heterocycles. The second-order valence-corrected chi connectivity index (χ2v) is 3.28. The molecule has 4 heteroatoms. The number of carbonyl (C=O) groups excluding carboxylic acids is 2. The summed E-state index contributed by atoms with van der Waals surface area (Å²) in [5, 5.41) is 8.39. The van der Waals surface area contributed by atoms with Gasteiger partial charge in [-0.1, -0.05) is 18.2 Å². The number of fused-ring (bicyclic) bond motifs is 1. The van der Waals surface area contributed by atoms with Gasteiger partial charge in [0.1, 0.15) is 6.42 Å². The summed E-state index contributed by atoms with van der Waals surface area (Å²) in [6.45, 7) is 0.287. The number of carbonyl (C=O) groups is 2. The highest BCUT2D eigenvalue weighted by Gasteiger charge is 2.30. The maximum atomic E-state index is 11.7. The van der Waals surface area contributed by atoms with Gasteiger partial charge in [0.2, 0.25) is 5.91 Å². The van der Waals surface area contributed by atoms with E-state index in [0.717, 1.165) is 10.5 Å². The van der Waals surface area contributed by atoms with Crippen LogP contribution in [0.5, 0.6) is 0 Å². The van der Waals surface area contributed by atoms with Gasteiger partial charge in [-0.15, -0.1) is 0 Å². The van der Waals surface area contributed by atoms with E-state index in [4.69, 9.17) is 5.26 Å². The molecule has 2 rings (SSSR count). The zero-order chi connectivity index (χ0) is 10.8. The minimum absolute atomic E-state index is 0.250. The molecule has 1 aromatic rings. The standard InChI is InChI=1S/C11H8N2O2/c12-6-5-10(14)13-7-8-3-1-2-4-9(8)11(13)15/h1-4H,5,7H2. The third kappa shape index (κ3) is 1.48. The molecule has 0 fully saturated rings. The van der Waals surface area contributed by atoms with Crippen LogP contribution in [-0.4, -0.2) is 16.7 Å². The first-order valence-electron chi connectivity index (χ1n) is 4.53. The van der Waals surface area contributed by atoms with Crippen molar-refractivity contribution < 1.29 is 9.59 Å². The van der Waals surface area contributed by atoms with Crippen molar-refractivity contribution in [1.29, 1.82) is 5.26 Å². The summed E-state index contributed by atoms with van der Waals surface area (Å²) >= 11 is 0. The molecule has 0 N–H and O–H groups in total. The Bertz CT molecular complexity index is 474. The van der Waals surface area contributed by atoms with Crippen LogP contribution < -0.4 is 0 Å². The number of nitrogens with zero attached hydrogens (tertiary/aromatic N) is 2. The normalized spacial score (nSPS) is 13.5. The van der Waals surface area contributed by atoms with Crippen molar-refractivity contribution in [3.63, 3.8) is 0 Å². The van der Waals surface area contributed by atoms with E-state index in [-0.39, 0.29) is 18.9 Å². The van der Waals surface area contributed by atoms with Crippen molar-refractivity contribution in [2.45, 2.75) is 13.0 Å². The minimum atomic E-state index is -0.432. The minimum Gasteiger partial charge on any atom is -0.273 e. The Balaban J connectivity index is 2.28. The molecule has 1 aromatic carbocycles. The van der Waals surface area contributed by atoms with Crippen LogP contribution in [0.4, 0.5) is 0 Å². The van der Waals surface area contributed by atoms with Gasteiger partial charge in [0.05, 0.1) is 12.6 Å². The van der Waals surface area contributed by atoms with Gasteiger partial charge in [-0.05, 0) is 11.6 Å². The lowest BCUT2D eigenvalue weighted by molar-refractivity contribution is -0.127. The van der Waals surface area contributed by atoms with Crippen molar-refractivity contribution in [1.82, 2.24) is 4.90 Å². The van der Waals surface area contributed by atoms with Crippen LogP contribution in [-0.2, 0) is 11.3 Å². The predicted octanol–water partition coefficient (Wildman–Crippen LogP) is 1.08. The number of amides is 2. The second kappa shape index (κ2) is 3.54. The summed E-state index contributed by atoms with van der Waals surface area (Å²) in [7, 11) is 0. The lowest BCUT2D eigenvalue weighted by atomic mass is 10.1. The van der Waals surface area contributed by atoms with Crippen LogP contribution in [0.1, 0.15) is 22.3 Å². The van der Waals surface area contributed by atoms with Crippen LogP contribution >= 0.6 is 0 Å². The Kier molecular flexibility index (Phi) is 2.22. The topological polar surface area (TPSA) is 61.2 Å². The fourth-order valence-corrected chi connectivity index (χ4v) is 1.62. The molecule has 4 nitrogen and oxygen atoms in total. The molecule has 0 saturated carbocycles. The largest absolute Gasteiger partial charge is 0.273 e. The third-order valence-electron chi connectivity index (χ3n) is 2.35. The van der Waals surface area contributed by atoms with E-state index in [1.807, 2.05) is 12.1 Å². The maximum absolute atomic E-state index is 11.7.